The maximum Gasteiger partial charge on any atom is 0.410 e. The first-order chi connectivity index (χ1) is 9.29. The Balaban J connectivity index is 1.81. The van der Waals surface area contributed by atoms with Crippen LogP contribution in [0.3, 0.4) is 0 Å². The molecule has 0 bridgehead atoms. The second-order valence-corrected chi connectivity index (χ2v) is 4.82. The second kappa shape index (κ2) is 6.84. The maximum atomic E-state index is 12.0. The van der Waals surface area contributed by atoms with Crippen molar-refractivity contribution in [3.63, 3.8) is 0 Å². The van der Waals surface area contributed by atoms with Gasteiger partial charge in [0.2, 0.25) is 0 Å². The standard InChI is InChI=1S/C16H19NO2/c1-2-14-9-6-11-17(12-10-14)16(18)19-13-15-7-4-3-5-8-15/h1,3-5,7-8,14H,6,9-13H2. The molecule has 0 spiro atoms. The molecule has 0 aromatic heterocycles. The highest BCUT2D eigenvalue weighted by atomic mass is 16.6. The molecule has 100 valence electrons. The van der Waals surface area contributed by atoms with Crippen molar-refractivity contribution >= 4 is 6.09 Å². The quantitative estimate of drug-likeness (QED) is 0.762. The molecular formula is C16H19NO2. The zero-order valence-electron chi connectivity index (χ0n) is 11.0. The van der Waals surface area contributed by atoms with Gasteiger partial charge in [-0.3, -0.25) is 0 Å². The average molecular weight is 257 g/mol. The number of hydrogen-bond donors (Lipinski definition) is 0. The molecule has 19 heavy (non-hydrogen) atoms. The number of ether oxygens (including phenoxy) is 1. The van der Waals surface area contributed by atoms with Crippen molar-refractivity contribution in [2.75, 3.05) is 13.1 Å². The van der Waals surface area contributed by atoms with E-state index in [1.54, 1.807) is 4.90 Å². The topological polar surface area (TPSA) is 29.5 Å². The zero-order valence-corrected chi connectivity index (χ0v) is 11.0. The van der Waals surface area contributed by atoms with Gasteiger partial charge >= 0.3 is 6.09 Å². The minimum Gasteiger partial charge on any atom is -0.445 e. The van der Waals surface area contributed by atoms with Crippen LogP contribution in [0.2, 0.25) is 0 Å². The van der Waals surface area contributed by atoms with E-state index in [9.17, 15) is 4.79 Å². The number of rotatable bonds is 2. The lowest BCUT2D eigenvalue weighted by Gasteiger charge is -2.19. The highest BCUT2D eigenvalue weighted by molar-refractivity contribution is 5.67. The third-order valence-corrected chi connectivity index (χ3v) is 3.43. The van der Waals surface area contributed by atoms with Gasteiger partial charge < -0.3 is 9.64 Å². The molecule has 1 atom stereocenters. The predicted molar refractivity (Wildman–Crippen MR) is 74.4 cm³/mol. The Morgan fingerprint density at radius 2 is 2.11 bits per heavy atom. The van der Waals surface area contributed by atoms with Crippen molar-refractivity contribution in [1.82, 2.24) is 4.90 Å². The number of amides is 1. The smallest absolute Gasteiger partial charge is 0.410 e. The number of terminal acetylenes is 1. The van der Waals surface area contributed by atoms with Gasteiger partial charge in [-0.1, -0.05) is 30.3 Å². The van der Waals surface area contributed by atoms with Gasteiger partial charge in [0.25, 0.3) is 0 Å². The molecule has 3 nitrogen and oxygen atoms in total. The van der Waals surface area contributed by atoms with Crippen LogP contribution < -0.4 is 0 Å². The molecule has 0 N–H and O–H groups in total. The van der Waals surface area contributed by atoms with Crippen LogP contribution in [-0.4, -0.2) is 24.1 Å². The summed E-state index contributed by atoms with van der Waals surface area (Å²) in [6, 6.07) is 9.72. The van der Waals surface area contributed by atoms with Gasteiger partial charge in [0.1, 0.15) is 6.61 Å². The second-order valence-electron chi connectivity index (χ2n) is 4.82. The first-order valence-electron chi connectivity index (χ1n) is 6.71. The SMILES string of the molecule is C#CC1CCCN(C(=O)OCc2ccccc2)CC1. The van der Waals surface area contributed by atoms with Crippen LogP contribution in [0, 0.1) is 18.3 Å². The summed E-state index contributed by atoms with van der Waals surface area (Å²) < 4.78 is 5.33. The van der Waals surface area contributed by atoms with Crippen LogP contribution in [0.5, 0.6) is 0 Å². The number of nitrogens with zero attached hydrogens (tertiary/aromatic N) is 1. The fourth-order valence-electron chi connectivity index (χ4n) is 2.26. The molecule has 1 amide bonds. The molecule has 1 aromatic rings. The van der Waals surface area contributed by atoms with Gasteiger partial charge in [-0.15, -0.1) is 12.3 Å². The zero-order chi connectivity index (χ0) is 13.5. The first-order valence-corrected chi connectivity index (χ1v) is 6.71. The van der Waals surface area contributed by atoms with Gasteiger partial charge in [-0.05, 0) is 24.8 Å². The number of carbonyl (C=O) groups is 1. The Morgan fingerprint density at radius 1 is 1.32 bits per heavy atom. The summed E-state index contributed by atoms with van der Waals surface area (Å²) in [5.41, 5.74) is 1.01. The van der Waals surface area contributed by atoms with Crippen molar-refractivity contribution in [2.24, 2.45) is 5.92 Å². The minimum absolute atomic E-state index is 0.235. The Labute approximate surface area is 114 Å². The summed E-state index contributed by atoms with van der Waals surface area (Å²) >= 11 is 0. The molecule has 1 aliphatic heterocycles. The highest BCUT2D eigenvalue weighted by Crippen LogP contribution is 2.17. The predicted octanol–water partition coefficient (Wildman–Crippen LogP) is 3.06. The van der Waals surface area contributed by atoms with E-state index in [-0.39, 0.29) is 6.09 Å². The van der Waals surface area contributed by atoms with Crippen molar-refractivity contribution in [2.45, 2.75) is 25.9 Å². The third-order valence-electron chi connectivity index (χ3n) is 3.43. The summed E-state index contributed by atoms with van der Waals surface area (Å²) in [6.07, 6.45) is 8.03. The molecule has 0 radical (unpaired) electrons. The number of benzene rings is 1. The Hall–Kier alpha value is -1.95. The van der Waals surface area contributed by atoms with Gasteiger partial charge in [-0.2, -0.15) is 0 Å². The van der Waals surface area contributed by atoms with E-state index in [2.05, 4.69) is 5.92 Å². The van der Waals surface area contributed by atoms with E-state index in [0.717, 1.165) is 31.4 Å². The molecule has 1 aromatic carbocycles. The molecule has 1 heterocycles. The lowest BCUT2D eigenvalue weighted by molar-refractivity contribution is 0.0972. The molecule has 0 saturated carbocycles. The Bertz CT molecular complexity index is 450. The lowest BCUT2D eigenvalue weighted by Crippen LogP contribution is -2.32. The fourth-order valence-corrected chi connectivity index (χ4v) is 2.26. The molecule has 1 unspecified atom stereocenters. The number of carbonyl (C=O) groups excluding carboxylic acids is 1. The summed E-state index contributed by atoms with van der Waals surface area (Å²) in [5, 5.41) is 0. The van der Waals surface area contributed by atoms with E-state index in [1.165, 1.54) is 0 Å². The normalized spacial score (nSPS) is 19.3. The van der Waals surface area contributed by atoms with Gasteiger partial charge in [0.15, 0.2) is 0 Å². The summed E-state index contributed by atoms with van der Waals surface area (Å²) in [6.45, 7) is 1.77. The van der Waals surface area contributed by atoms with Crippen molar-refractivity contribution in [1.29, 1.82) is 0 Å². The summed E-state index contributed by atoms with van der Waals surface area (Å²) in [5.74, 6) is 3.08. The van der Waals surface area contributed by atoms with Crippen LogP contribution in [-0.2, 0) is 11.3 Å². The largest absolute Gasteiger partial charge is 0.445 e. The van der Waals surface area contributed by atoms with E-state index in [4.69, 9.17) is 11.2 Å². The monoisotopic (exact) mass is 257 g/mol. The number of hydrogen-bond acceptors (Lipinski definition) is 2. The summed E-state index contributed by atoms with van der Waals surface area (Å²) in [4.78, 5) is 13.7. The first kappa shape index (κ1) is 13.5. The fraction of sp³-hybridized carbons (Fsp3) is 0.438. The Morgan fingerprint density at radius 3 is 2.84 bits per heavy atom. The Kier molecular flexibility index (Phi) is 4.85. The van der Waals surface area contributed by atoms with E-state index in [0.29, 0.717) is 19.1 Å². The molecular weight excluding hydrogens is 238 g/mol. The van der Waals surface area contributed by atoms with Crippen LogP contribution in [0.1, 0.15) is 24.8 Å². The van der Waals surface area contributed by atoms with Crippen LogP contribution in [0.25, 0.3) is 0 Å². The molecule has 1 fully saturated rings. The van der Waals surface area contributed by atoms with Crippen LogP contribution in [0.15, 0.2) is 30.3 Å². The van der Waals surface area contributed by atoms with Gasteiger partial charge in [0, 0.05) is 19.0 Å². The van der Waals surface area contributed by atoms with Crippen molar-refractivity contribution < 1.29 is 9.53 Å². The highest BCUT2D eigenvalue weighted by Gasteiger charge is 2.20. The van der Waals surface area contributed by atoms with Crippen LogP contribution >= 0.6 is 0 Å². The van der Waals surface area contributed by atoms with E-state index in [1.807, 2.05) is 30.3 Å². The van der Waals surface area contributed by atoms with E-state index >= 15 is 0 Å². The molecule has 2 rings (SSSR count). The summed E-state index contributed by atoms with van der Waals surface area (Å²) in [7, 11) is 0. The van der Waals surface area contributed by atoms with E-state index < -0.39 is 0 Å². The number of likely N-dealkylation sites (tertiary alicyclic amines) is 1. The lowest BCUT2D eigenvalue weighted by atomic mass is 10.0. The minimum atomic E-state index is -0.235. The maximum absolute atomic E-state index is 12.0. The van der Waals surface area contributed by atoms with Crippen molar-refractivity contribution in [3.8, 4) is 12.3 Å². The molecule has 1 aliphatic rings. The van der Waals surface area contributed by atoms with Crippen LogP contribution in [0.4, 0.5) is 4.79 Å². The molecule has 3 heteroatoms. The van der Waals surface area contributed by atoms with Gasteiger partial charge in [0.05, 0.1) is 0 Å². The molecule has 1 saturated heterocycles. The molecule has 0 aliphatic carbocycles. The van der Waals surface area contributed by atoms with Crippen molar-refractivity contribution in [3.05, 3.63) is 35.9 Å². The third kappa shape index (κ3) is 4.03. The van der Waals surface area contributed by atoms with Gasteiger partial charge in [-0.25, -0.2) is 4.79 Å². The average Bonchev–Trinajstić information content (AvgIpc) is 2.71.